The second-order valence-electron chi connectivity index (χ2n) is 9.35. The van der Waals surface area contributed by atoms with Crippen molar-refractivity contribution in [3.8, 4) is 0 Å². The van der Waals surface area contributed by atoms with E-state index in [2.05, 4.69) is 34.5 Å². The summed E-state index contributed by atoms with van der Waals surface area (Å²) in [6.45, 7) is 6.45. The number of nitrogens with one attached hydrogen (secondary N) is 1. The van der Waals surface area contributed by atoms with Gasteiger partial charge in [-0.05, 0) is 30.4 Å². The first-order chi connectivity index (χ1) is 16.0. The Hall–Kier alpha value is -3.00. The van der Waals surface area contributed by atoms with Gasteiger partial charge in [0, 0.05) is 58.2 Å². The van der Waals surface area contributed by atoms with Crippen LogP contribution in [0.3, 0.4) is 0 Å². The average molecular weight is 449 g/mol. The standard InChI is InChI=1S/C25H32N6O2/c1-17(32)30-12-9-21-22(15-30)27-24(28-25(21)26-2)20-8-11-31(14-20)23(33)16-29-10-7-18-5-3-4-6-19(18)13-29/h3-6,20H,7-16H2,1-2H3,(H,26,27,28)/t20-/m0/s1. The molecule has 0 aliphatic carbocycles. The average Bonchev–Trinajstić information content (AvgIpc) is 3.33. The molecule has 8 nitrogen and oxygen atoms in total. The number of carbonyl (C=O) groups excluding carboxylic acids is 2. The van der Waals surface area contributed by atoms with Gasteiger partial charge in [-0.25, -0.2) is 9.97 Å². The van der Waals surface area contributed by atoms with Crippen molar-refractivity contribution >= 4 is 17.6 Å². The third kappa shape index (κ3) is 4.44. The molecular formula is C25H32N6O2. The van der Waals surface area contributed by atoms with Crippen LogP contribution in [-0.2, 0) is 35.5 Å². The first kappa shape index (κ1) is 21.8. The van der Waals surface area contributed by atoms with E-state index in [0.29, 0.717) is 26.2 Å². The number of hydrogen-bond donors (Lipinski definition) is 1. The Bertz CT molecular complexity index is 1070. The summed E-state index contributed by atoms with van der Waals surface area (Å²) in [6, 6.07) is 8.51. The van der Waals surface area contributed by atoms with E-state index in [1.54, 1.807) is 6.92 Å². The smallest absolute Gasteiger partial charge is 0.236 e. The highest BCUT2D eigenvalue weighted by molar-refractivity contribution is 5.78. The number of likely N-dealkylation sites (tertiary alicyclic amines) is 1. The summed E-state index contributed by atoms with van der Waals surface area (Å²) in [5.74, 6) is 2.03. The molecule has 1 aromatic heterocycles. The summed E-state index contributed by atoms with van der Waals surface area (Å²) in [6.07, 6.45) is 2.63. The number of rotatable bonds is 4. The zero-order valence-corrected chi connectivity index (χ0v) is 19.5. The number of nitrogens with zero attached hydrogens (tertiary/aromatic N) is 5. The maximum Gasteiger partial charge on any atom is 0.236 e. The molecule has 33 heavy (non-hydrogen) atoms. The Morgan fingerprint density at radius 1 is 1.03 bits per heavy atom. The number of hydrogen-bond acceptors (Lipinski definition) is 6. The molecule has 8 heteroatoms. The van der Waals surface area contributed by atoms with Crippen molar-refractivity contribution in [2.45, 2.75) is 45.2 Å². The molecule has 1 fully saturated rings. The lowest BCUT2D eigenvalue weighted by Gasteiger charge is -2.30. The van der Waals surface area contributed by atoms with Crippen LogP contribution in [0.1, 0.15) is 47.5 Å². The molecule has 1 aromatic carbocycles. The van der Waals surface area contributed by atoms with Gasteiger partial charge >= 0.3 is 0 Å². The first-order valence-electron chi connectivity index (χ1n) is 11.9. The molecule has 174 valence electrons. The van der Waals surface area contributed by atoms with Crippen molar-refractivity contribution in [3.05, 3.63) is 52.5 Å². The summed E-state index contributed by atoms with van der Waals surface area (Å²) in [7, 11) is 1.88. The fraction of sp³-hybridized carbons (Fsp3) is 0.520. The van der Waals surface area contributed by atoms with Gasteiger partial charge in [0.2, 0.25) is 11.8 Å². The van der Waals surface area contributed by atoms with E-state index in [-0.39, 0.29) is 17.7 Å². The number of benzene rings is 1. The zero-order valence-electron chi connectivity index (χ0n) is 19.5. The van der Waals surface area contributed by atoms with Gasteiger partial charge in [0.05, 0.1) is 18.8 Å². The SMILES string of the molecule is CNc1nc([C@H]2CCN(C(=O)CN3CCc4ccccc4C3)C2)nc2c1CCN(C(C)=O)C2. The number of anilines is 1. The summed E-state index contributed by atoms with van der Waals surface area (Å²) in [5.41, 5.74) is 4.77. The molecule has 5 rings (SSSR count). The van der Waals surface area contributed by atoms with Crippen molar-refractivity contribution in [1.82, 2.24) is 24.7 Å². The molecule has 0 saturated carbocycles. The minimum Gasteiger partial charge on any atom is -0.373 e. The van der Waals surface area contributed by atoms with E-state index in [4.69, 9.17) is 9.97 Å². The van der Waals surface area contributed by atoms with E-state index in [1.165, 1.54) is 11.1 Å². The third-order valence-electron chi connectivity index (χ3n) is 7.24. The number of fused-ring (bicyclic) bond motifs is 2. The molecule has 0 unspecified atom stereocenters. The zero-order chi connectivity index (χ0) is 22.9. The molecule has 0 radical (unpaired) electrons. The Labute approximate surface area is 195 Å². The molecule has 3 aliphatic heterocycles. The van der Waals surface area contributed by atoms with E-state index < -0.39 is 0 Å². The van der Waals surface area contributed by atoms with E-state index >= 15 is 0 Å². The highest BCUT2D eigenvalue weighted by Gasteiger charge is 2.32. The van der Waals surface area contributed by atoms with Crippen molar-refractivity contribution < 1.29 is 9.59 Å². The predicted molar refractivity (Wildman–Crippen MR) is 126 cm³/mol. The van der Waals surface area contributed by atoms with Crippen LogP contribution in [0.2, 0.25) is 0 Å². The number of amides is 2. The second kappa shape index (κ2) is 9.09. The molecule has 2 aromatic rings. The van der Waals surface area contributed by atoms with Crippen molar-refractivity contribution in [2.24, 2.45) is 0 Å². The minimum absolute atomic E-state index is 0.0739. The Morgan fingerprint density at radius 3 is 2.64 bits per heavy atom. The summed E-state index contributed by atoms with van der Waals surface area (Å²) < 4.78 is 0. The maximum absolute atomic E-state index is 13.1. The molecule has 0 bridgehead atoms. The third-order valence-corrected chi connectivity index (χ3v) is 7.24. The van der Waals surface area contributed by atoms with Crippen LogP contribution in [0.4, 0.5) is 5.82 Å². The van der Waals surface area contributed by atoms with Crippen molar-refractivity contribution in [2.75, 3.05) is 45.1 Å². The van der Waals surface area contributed by atoms with Gasteiger partial charge in [-0.2, -0.15) is 0 Å². The van der Waals surface area contributed by atoms with Crippen LogP contribution in [0.25, 0.3) is 0 Å². The number of carbonyl (C=O) groups is 2. The molecule has 4 heterocycles. The van der Waals surface area contributed by atoms with Crippen molar-refractivity contribution in [1.29, 1.82) is 0 Å². The van der Waals surface area contributed by atoms with Gasteiger partial charge in [-0.3, -0.25) is 14.5 Å². The fourth-order valence-electron chi connectivity index (χ4n) is 5.29. The highest BCUT2D eigenvalue weighted by Crippen LogP contribution is 2.30. The van der Waals surface area contributed by atoms with Crippen LogP contribution in [0.5, 0.6) is 0 Å². The molecule has 1 N–H and O–H groups in total. The normalized spacial score (nSPS) is 20.4. The van der Waals surface area contributed by atoms with Crippen LogP contribution >= 0.6 is 0 Å². The van der Waals surface area contributed by atoms with Crippen LogP contribution in [0.15, 0.2) is 24.3 Å². The van der Waals surface area contributed by atoms with E-state index in [0.717, 1.165) is 61.8 Å². The van der Waals surface area contributed by atoms with Crippen LogP contribution < -0.4 is 5.32 Å². The Balaban J connectivity index is 1.25. The largest absolute Gasteiger partial charge is 0.373 e. The minimum atomic E-state index is 0.0739. The lowest BCUT2D eigenvalue weighted by molar-refractivity contribution is -0.132. The van der Waals surface area contributed by atoms with Gasteiger partial charge < -0.3 is 15.1 Å². The lowest BCUT2D eigenvalue weighted by Crippen LogP contribution is -2.41. The fourth-order valence-corrected chi connectivity index (χ4v) is 5.29. The highest BCUT2D eigenvalue weighted by atomic mass is 16.2. The van der Waals surface area contributed by atoms with Gasteiger partial charge in [0.1, 0.15) is 11.6 Å². The Kier molecular flexibility index (Phi) is 6.01. The molecular weight excluding hydrogens is 416 g/mol. The summed E-state index contributed by atoms with van der Waals surface area (Å²) in [5, 5.41) is 3.22. The molecule has 3 aliphatic rings. The van der Waals surface area contributed by atoms with Gasteiger partial charge in [0.25, 0.3) is 0 Å². The molecule has 1 saturated heterocycles. The van der Waals surface area contributed by atoms with Gasteiger partial charge in [-0.1, -0.05) is 24.3 Å². The number of aromatic nitrogens is 2. The molecule has 0 spiro atoms. The van der Waals surface area contributed by atoms with Gasteiger partial charge in [-0.15, -0.1) is 0 Å². The van der Waals surface area contributed by atoms with Gasteiger partial charge in [0.15, 0.2) is 0 Å². The monoisotopic (exact) mass is 448 g/mol. The molecule has 1 atom stereocenters. The predicted octanol–water partition coefficient (Wildman–Crippen LogP) is 1.80. The Morgan fingerprint density at radius 2 is 1.85 bits per heavy atom. The first-order valence-corrected chi connectivity index (χ1v) is 11.9. The van der Waals surface area contributed by atoms with Crippen LogP contribution in [-0.4, -0.2) is 76.3 Å². The topological polar surface area (TPSA) is 81.7 Å². The summed E-state index contributed by atoms with van der Waals surface area (Å²) in [4.78, 5) is 40.7. The molecule has 2 amide bonds. The second-order valence-corrected chi connectivity index (χ2v) is 9.35. The van der Waals surface area contributed by atoms with E-state index in [1.807, 2.05) is 16.8 Å². The quantitative estimate of drug-likeness (QED) is 0.768. The summed E-state index contributed by atoms with van der Waals surface area (Å²) >= 11 is 0. The van der Waals surface area contributed by atoms with Crippen molar-refractivity contribution in [3.63, 3.8) is 0 Å². The van der Waals surface area contributed by atoms with Crippen LogP contribution in [0, 0.1) is 0 Å². The van der Waals surface area contributed by atoms with E-state index in [9.17, 15) is 9.59 Å². The lowest BCUT2D eigenvalue weighted by atomic mass is 10.00. The maximum atomic E-state index is 13.1.